The van der Waals surface area contributed by atoms with E-state index < -0.39 is 0 Å². The van der Waals surface area contributed by atoms with Gasteiger partial charge in [-0.05, 0) is 25.0 Å². The molecule has 0 radical (unpaired) electrons. The number of amidine groups is 1. The average molecular weight is 248 g/mol. The van der Waals surface area contributed by atoms with Crippen LogP contribution in [0.2, 0.25) is 0 Å². The van der Waals surface area contributed by atoms with Gasteiger partial charge in [-0.15, -0.1) is 0 Å². The third-order valence-corrected chi connectivity index (χ3v) is 3.46. The van der Waals surface area contributed by atoms with E-state index in [1.165, 1.54) is 12.8 Å². The normalized spacial score (nSPS) is 15.8. The molecule has 4 N–H and O–H groups in total. The van der Waals surface area contributed by atoms with Crippen LogP contribution in [-0.2, 0) is 0 Å². The van der Waals surface area contributed by atoms with Crippen molar-refractivity contribution in [3.63, 3.8) is 0 Å². The van der Waals surface area contributed by atoms with Crippen LogP contribution in [-0.4, -0.2) is 35.1 Å². The molecular weight excluding hydrogens is 228 g/mol. The molecule has 0 bridgehead atoms. The molecule has 1 aliphatic carbocycles. The molecule has 1 aromatic rings. The quantitative estimate of drug-likeness (QED) is 0.538. The summed E-state index contributed by atoms with van der Waals surface area (Å²) in [6.45, 7) is 0.750. The second-order valence-corrected chi connectivity index (χ2v) is 4.67. The highest BCUT2D eigenvalue weighted by Gasteiger charge is 2.22. The maximum atomic E-state index is 9.21. The van der Waals surface area contributed by atoms with Crippen LogP contribution in [0.1, 0.15) is 31.4 Å². The van der Waals surface area contributed by atoms with Crippen molar-refractivity contribution in [3.05, 3.63) is 24.0 Å². The van der Waals surface area contributed by atoms with E-state index in [9.17, 15) is 5.11 Å². The molecule has 5 heteroatoms. The molecule has 1 saturated carbocycles. The number of rotatable bonds is 5. The summed E-state index contributed by atoms with van der Waals surface area (Å²) < 4.78 is 0. The second kappa shape index (κ2) is 5.82. The second-order valence-electron chi connectivity index (χ2n) is 4.67. The van der Waals surface area contributed by atoms with Crippen LogP contribution >= 0.6 is 0 Å². The number of hydrogen-bond acceptors (Lipinski definition) is 4. The van der Waals surface area contributed by atoms with Gasteiger partial charge in [0.15, 0.2) is 0 Å². The van der Waals surface area contributed by atoms with E-state index in [0.29, 0.717) is 18.3 Å². The maximum Gasteiger partial charge on any atom is 0.141 e. The van der Waals surface area contributed by atoms with Gasteiger partial charge in [-0.25, -0.2) is 0 Å². The maximum absolute atomic E-state index is 9.21. The van der Waals surface area contributed by atoms with E-state index in [0.717, 1.165) is 18.5 Å². The van der Waals surface area contributed by atoms with Crippen molar-refractivity contribution < 1.29 is 5.11 Å². The molecule has 0 saturated heterocycles. The Kier molecular flexibility index (Phi) is 4.15. The fourth-order valence-corrected chi connectivity index (χ4v) is 2.59. The first-order valence-corrected chi connectivity index (χ1v) is 6.40. The highest BCUT2D eigenvalue weighted by Crippen LogP contribution is 2.28. The number of aliphatic hydroxyl groups excluding tert-OH is 1. The largest absolute Gasteiger partial charge is 0.395 e. The molecule has 5 nitrogen and oxygen atoms in total. The lowest BCUT2D eigenvalue weighted by molar-refractivity contribution is 0.297. The molecule has 0 amide bonds. The number of hydrogen-bond donors (Lipinski definition) is 3. The van der Waals surface area contributed by atoms with E-state index in [-0.39, 0.29) is 12.4 Å². The van der Waals surface area contributed by atoms with Gasteiger partial charge >= 0.3 is 0 Å². The fraction of sp³-hybridized carbons (Fsp3) is 0.538. The summed E-state index contributed by atoms with van der Waals surface area (Å²) in [7, 11) is 0. The van der Waals surface area contributed by atoms with Crippen molar-refractivity contribution in [2.75, 3.05) is 18.1 Å². The van der Waals surface area contributed by atoms with Gasteiger partial charge in [0.05, 0.1) is 6.61 Å². The summed E-state index contributed by atoms with van der Waals surface area (Å²) in [6, 6.07) is 4.23. The Balaban J connectivity index is 2.23. The Morgan fingerprint density at radius 3 is 2.83 bits per heavy atom. The van der Waals surface area contributed by atoms with E-state index in [4.69, 9.17) is 11.1 Å². The van der Waals surface area contributed by atoms with Gasteiger partial charge in [-0.1, -0.05) is 12.8 Å². The minimum Gasteiger partial charge on any atom is -0.395 e. The number of nitrogens with zero attached hydrogens (tertiary/aromatic N) is 2. The zero-order chi connectivity index (χ0) is 13.0. The predicted octanol–water partition coefficient (Wildman–Crippen LogP) is 1.11. The zero-order valence-corrected chi connectivity index (χ0v) is 10.5. The van der Waals surface area contributed by atoms with Crippen molar-refractivity contribution >= 4 is 11.5 Å². The first kappa shape index (κ1) is 12.8. The van der Waals surface area contributed by atoms with Crippen molar-refractivity contribution in [1.82, 2.24) is 4.98 Å². The van der Waals surface area contributed by atoms with Crippen molar-refractivity contribution in [1.29, 1.82) is 5.41 Å². The molecule has 18 heavy (non-hydrogen) atoms. The van der Waals surface area contributed by atoms with Gasteiger partial charge in [-0.2, -0.15) is 0 Å². The lowest BCUT2D eigenvalue weighted by Gasteiger charge is -2.30. The lowest BCUT2D eigenvalue weighted by Crippen LogP contribution is -2.35. The Morgan fingerprint density at radius 2 is 2.22 bits per heavy atom. The van der Waals surface area contributed by atoms with E-state index in [2.05, 4.69) is 9.88 Å². The van der Waals surface area contributed by atoms with Gasteiger partial charge in [0.1, 0.15) is 11.5 Å². The Labute approximate surface area is 107 Å². The topological polar surface area (TPSA) is 86.2 Å². The Morgan fingerprint density at radius 1 is 1.50 bits per heavy atom. The predicted molar refractivity (Wildman–Crippen MR) is 71.9 cm³/mol. The van der Waals surface area contributed by atoms with E-state index >= 15 is 0 Å². The fourth-order valence-electron chi connectivity index (χ4n) is 2.59. The van der Waals surface area contributed by atoms with Crippen LogP contribution in [0, 0.1) is 5.41 Å². The van der Waals surface area contributed by atoms with E-state index in [1.54, 1.807) is 6.20 Å². The molecule has 2 rings (SSSR count). The molecule has 1 aromatic heterocycles. The van der Waals surface area contributed by atoms with Gasteiger partial charge in [0, 0.05) is 24.5 Å². The summed E-state index contributed by atoms with van der Waals surface area (Å²) in [5, 5.41) is 16.6. The SMILES string of the molecule is N=C(N)c1cc(N(CCO)C2CCCC2)ccn1. The van der Waals surface area contributed by atoms with Gasteiger partial charge in [0.2, 0.25) is 0 Å². The van der Waals surface area contributed by atoms with Crippen LogP contribution in [0.25, 0.3) is 0 Å². The number of nitrogen functional groups attached to an aromatic ring is 1. The minimum absolute atomic E-state index is 0.0211. The van der Waals surface area contributed by atoms with Crippen molar-refractivity contribution in [3.8, 4) is 0 Å². The average Bonchev–Trinajstić information content (AvgIpc) is 2.89. The third-order valence-electron chi connectivity index (χ3n) is 3.46. The molecule has 0 aromatic carbocycles. The summed E-state index contributed by atoms with van der Waals surface area (Å²) >= 11 is 0. The highest BCUT2D eigenvalue weighted by molar-refractivity contribution is 5.93. The van der Waals surface area contributed by atoms with Crippen LogP contribution in [0.5, 0.6) is 0 Å². The molecule has 0 unspecified atom stereocenters. The molecule has 0 aliphatic heterocycles. The Hall–Kier alpha value is -1.62. The standard InChI is InChI=1S/C13H20N4O/c14-13(15)12-9-11(5-6-16-12)17(7-8-18)10-3-1-2-4-10/h5-6,9-10,18H,1-4,7-8H2,(H3,14,15). The number of nitrogens with two attached hydrogens (primary N) is 1. The number of anilines is 1. The zero-order valence-electron chi connectivity index (χ0n) is 10.5. The van der Waals surface area contributed by atoms with Crippen molar-refractivity contribution in [2.45, 2.75) is 31.7 Å². The molecule has 1 heterocycles. The van der Waals surface area contributed by atoms with Gasteiger partial charge in [0.25, 0.3) is 0 Å². The Bertz CT molecular complexity index is 415. The first-order chi connectivity index (χ1) is 8.72. The van der Waals surface area contributed by atoms with Crippen LogP contribution in [0.15, 0.2) is 18.3 Å². The number of pyridine rings is 1. The highest BCUT2D eigenvalue weighted by atomic mass is 16.3. The molecule has 1 aliphatic rings. The number of nitrogens with one attached hydrogen (secondary N) is 1. The van der Waals surface area contributed by atoms with Crippen molar-refractivity contribution in [2.24, 2.45) is 5.73 Å². The summed E-state index contributed by atoms with van der Waals surface area (Å²) in [6.07, 6.45) is 6.50. The molecule has 1 fully saturated rings. The van der Waals surface area contributed by atoms with Gasteiger partial charge in [-0.3, -0.25) is 10.4 Å². The molecule has 98 valence electrons. The number of aliphatic hydroxyl groups is 1. The van der Waals surface area contributed by atoms with Crippen LogP contribution in [0.3, 0.4) is 0 Å². The monoisotopic (exact) mass is 248 g/mol. The van der Waals surface area contributed by atoms with E-state index in [1.807, 2.05) is 12.1 Å². The smallest absolute Gasteiger partial charge is 0.141 e. The van der Waals surface area contributed by atoms with Crippen LogP contribution in [0.4, 0.5) is 5.69 Å². The first-order valence-electron chi connectivity index (χ1n) is 6.40. The number of aromatic nitrogens is 1. The minimum atomic E-state index is -0.0211. The summed E-state index contributed by atoms with van der Waals surface area (Å²) in [5.41, 5.74) is 6.95. The summed E-state index contributed by atoms with van der Waals surface area (Å²) in [4.78, 5) is 6.28. The lowest BCUT2D eigenvalue weighted by atomic mass is 10.1. The van der Waals surface area contributed by atoms with Crippen LogP contribution < -0.4 is 10.6 Å². The van der Waals surface area contributed by atoms with Gasteiger partial charge < -0.3 is 15.7 Å². The molecule has 0 atom stereocenters. The summed E-state index contributed by atoms with van der Waals surface area (Å²) in [5.74, 6) is -0.0211. The molecular formula is C13H20N4O. The molecule has 0 spiro atoms. The third kappa shape index (κ3) is 2.79.